The Bertz CT molecular complexity index is 290. The van der Waals surface area contributed by atoms with Crippen LogP contribution in [-0.4, -0.2) is 24.8 Å². The van der Waals surface area contributed by atoms with Gasteiger partial charge in [0.25, 0.3) is 0 Å². The first-order valence-electron chi connectivity index (χ1n) is 9.19. The second kappa shape index (κ2) is 6.79. The first kappa shape index (κ1) is 14.8. The van der Waals surface area contributed by atoms with Crippen LogP contribution >= 0.6 is 0 Å². The Hall–Kier alpha value is -0.0800. The zero-order valence-corrected chi connectivity index (χ0v) is 13.3. The number of hydrogen-bond acceptors (Lipinski definition) is 2. The Morgan fingerprint density at radius 3 is 2.55 bits per heavy atom. The van der Waals surface area contributed by atoms with E-state index in [9.17, 15) is 0 Å². The van der Waals surface area contributed by atoms with Gasteiger partial charge in [0.15, 0.2) is 0 Å². The number of ether oxygens (including phenoxy) is 1. The minimum Gasteiger partial charge on any atom is -0.375 e. The van der Waals surface area contributed by atoms with E-state index in [0.717, 1.165) is 31.0 Å². The molecule has 2 nitrogen and oxygen atoms in total. The van der Waals surface area contributed by atoms with Gasteiger partial charge in [-0.3, -0.25) is 0 Å². The molecule has 0 aromatic rings. The van der Waals surface area contributed by atoms with Gasteiger partial charge >= 0.3 is 0 Å². The fourth-order valence-corrected chi connectivity index (χ4v) is 5.09. The molecule has 0 aromatic heterocycles. The molecule has 116 valence electrons. The van der Waals surface area contributed by atoms with Crippen molar-refractivity contribution in [1.29, 1.82) is 0 Å². The highest BCUT2D eigenvalue weighted by Crippen LogP contribution is 2.44. The van der Waals surface area contributed by atoms with Crippen molar-refractivity contribution in [3.63, 3.8) is 0 Å². The van der Waals surface area contributed by atoms with Crippen molar-refractivity contribution in [2.45, 2.75) is 89.2 Å². The molecule has 0 radical (unpaired) electrons. The normalized spacial score (nSPS) is 31.9. The number of hydrogen-bond donors (Lipinski definition) is 1. The summed E-state index contributed by atoms with van der Waals surface area (Å²) in [6.07, 6.45) is 15.4. The fourth-order valence-electron chi connectivity index (χ4n) is 5.09. The lowest BCUT2D eigenvalue weighted by Crippen LogP contribution is -2.46. The molecule has 3 aliphatic rings. The molecule has 1 N–H and O–H groups in total. The third-order valence-electron chi connectivity index (χ3n) is 6.14. The van der Waals surface area contributed by atoms with Crippen LogP contribution in [0.25, 0.3) is 0 Å². The van der Waals surface area contributed by atoms with Gasteiger partial charge in [-0.05, 0) is 50.5 Å². The molecule has 1 saturated heterocycles. The van der Waals surface area contributed by atoms with E-state index < -0.39 is 0 Å². The van der Waals surface area contributed by atoms with E-state index in [1.165, 1.54) is 70.6 Å². The first-order chi connectivity index (χ1) is 9.81. The van der Waals surface area contributed by atoms with Crippen LogP contribution in [0.1, 0.15) is 77.6 Å². The lowest BCUT2D eigenvalue weighted by atomic mass is 9.78. The standard InChI is InChI=1S/C18H33NO/c1-2-19-17(13-15-7-3-4-8-15)16-9-12-20-18(14-16)10-5-6-11-18/h15-17,19H,2-14H2,1H3. The highest BCUT2D eigenvalue weighted by Gasteiger charge is 2.42. The van der Waals surface area contributed by atoms with Crippen LogP contribution in [0.3, 0.4) is 0 Å². The highest BCUT2D eigenvalue weighted by molar-refractivity contribution is 4.95. The maximum Gasteiger partial charge on any atom is 0.0685 e. The highest BCUT2D eigenvalue weighted by atomic mass is 16.5. The number of rotatable bonds is 5. The fraction of sp³-hybridized carbons (Fsp3) is 1.00. The van der Waals surface area contributed by atoms with Crippen molar-refractivity contribution in [3.05, 3.63) is 0 Å². The lowest BCUT2D eigenvalue weighted by molar-refractivity contribution is -0.0988. The van der Waals surface area contributed by atoms with Gasteiger partial charge in [-0.25, -0.2) is 0 Å². The molecule has 2 unspecified atom stereocenters. The summed E-state index contributed by atoms with van der Waals surface area (Å²) in [7, 11) is 0. The summed E-state index contributed by atoms with van der Waals surface area (Å²) in [6, 6.07) is 0.754. The van der Waals surface area contributed by atoms with E-state index in [-0.39, 0.29) is 5.60 Å². The van der Waals surface area contributed by atoms with Crippen molar-refractivity contribution in [1.82, 2.24) is 5.32 Å². The summed E-state index contributed by atoms with van der Waals surface area (Å²) < 4.78 is 6.23. The summed E-state index contributed by atoms with van der Waals surface area (Å²) in [5, 5.41) is 3.83. The van der Waals surface area contributed by atoms with Gasteiger partial charge in [0.05, 0.1) is 5.60 Å². The summed E-state index contributed by atoms with van der Waals surface area (Å²) in [5.41, 5.74) is 0.284. The van der Waals surface area contributed by atoms with Gasteiger partial charge in [0.1, 0.15) is 0 Å². The van der Waals surface area contributed by atoms with Crippen LogP contribution in [0, 0.1) is 11.8 Å². The van der Waals surface area contributed by atoms with E-state index in [1.54, 1.807) is 0 Å². The Labute approximate surface area is 125 Å². The van der Waals surface area contributed by atoms with Crippen molar-refractivity contribution < 1.29 is 4.74 Å². The molecule has 0 aromatic carbocycles. The molecule has 20 heavy (non-hydrogen) atoms. The molecule has 3 fully saturated rings. The summed E-state index contributed by atoms with van der Waals surface area (Å²) in [4.78, 5) is 0. The SMILES string of the molecule is CCNC(CC1CCCC1)C1CCOC2(CCCC2)C1. The van der Waals surface area contributed by atoms with Crippen LogP contribution in [-0.2, 0) is 4.74 Å². The van der Waals surface area contributed by atoms with Gasteiger partial charge in [-0.2, -0.15) is 0 Å². The lowest BCUT2D eigenvalue weighted by Gasteiger charge is -2.42. The molecule has 2 saturated carbocycles. The molecule has 1 spiro atoms. The number of nitrogens with one attached hydrogen (secondary N) is 1. The average Bonchev–Trinajstić information content (AvgIpc) is 3.11. The van der Waals surface area contributed by atoms with Crippen LogP contribution in [0.15, 0.2) is 0 Å². The zero-order valence-electron chi connectivity index (χ0n) is 13.3. The predicted molar refractivity (Wildman–Crippen MR) is 83.9 cm³/mol. The predicted octanol–water partition coefficient (Wildman–Crippen LogP) is 4.28. The summed E-state index contributed by atoms with van der Waals surface area (Å²) in [5.74, 6) is 1.86. The van der Waals surface area contributed by atoms with E-state index in [2.05, 4.69) is 12.2 Å². The third-order valence-corrected chi connectivity index (χ3v) is 6.14. The molecular weight excluding hydrogens is 246 g/mol. The summed E-state index contributed by atoms with van der Waals surface area (Å²) >= 11 is 0. The van der Waals surface area contributed by atoms with E-state index in [4.69, 9.17) is 4.74 Å². The van der Waals surface area contributed by atoms with E-state index in [1.807, 2.05) is 0 Å². The van der Waals surface area contributed by atoms with Crippen LogP contribution in [0.2, 0.25) is 0 Å². The Balaban J connectivity index is 1.60. The minimum absolute atomic E-state index is 0.284. The molecule has 2 atom stereocenters. The second-order valence-electron chi connectivity index (χ2n) is 7.54. The average molecular weight is 279 g/mol. The van der Waals surface area contributed by atoms with Crippen LogP contribution in [0.4, 0.5) is 0 Å². The molecule has 3 rings (SSSR count). The second-order valence-corrected chi connectivity index (χ2v) is 7.54. The molecule has 1 heterocycles. The van der Waals surface area contributed by atoms with Crippen molar-refractivity contribution >= 4 is 0 Å². The summed E-state index contributed by atoms with van der Waals surface area (Å²) in [6.45, 7) is 4.41. The molecule has 0 bridgehead atoms. The molecule has 0 amide bonds. The Morgan fingerprint density at radius 1 is 1.10 bits per heavy atom. The van der Waals surface area contributed by atoms with Crippen molar-refractivity contribution in [2.24, 2.45) is 11.8 Å². The Morgan fingerprint density at radius 2 is 1.85 bits per heavy atom. The molecular formula is C18H33NO. The van der Waals surface area contributed by atoms with Crippen LogP contribution < -0.4 is 5.32 Å². The third kappa shape index (κ3) is 3.39. The maximum atomic E-state index is 6.23. The minimum atomic E-state index is 0.284. The van der Waals surface area contributed by atoms with Crippen molar-refractivity contribution in [2.75, 3.05) is 13.2 Å². The van der Waals surface area contributed by atoms with E-state index in [0.29, 0.717) is 0 Å². The molecule has 2 heteroatoms. The monoisotopic (exact) mass is 279 g/mol. The molecule has 2 aliphatic carbocycles. The maximum absolute atomic E-state index is 6.23. The quantitative estimate of drug-likeness (QED) is 0.811. The van der Waals surface area contributed by atoms with Gasteiger partial charge in [-0.15, -0.1) is 0 Å². The zero-order chi connectivity index (χ0) is 13.8. The van der Waals surface area contributed by atoms with Gasteiger partial charge in [0.2, 0.25) is 0 Å². The van der Waals surface area contributed by atoms with Crippen molar-refractivity contribution in [3.8, 4) is 0 Å². The first-order valence-corrected chi connectivity index (χ1v) is 9.19. The van der Waals surface area contributed by atoms with Crippen LogP contribution in [0.5, 0.6) is 0 Å². The largest absolute Gasteiger partial charge is 0.375 e. The smallest absolute Gasteiger partial charge is 0.0685 e. The van der Waals surface area contributed by atoms with Gasteiger partial charge in [-0.1, -0.05) is 45.4 Å². The van der Waals surface area contributed by atoms with Gasteiger partial charge < -0.3 is 10.1 Å². The topological polar surface area (TPSA) is 21.3 Å². The Kier molecular flexibility index (Phi) is 5.04. The van der Waals surface area contributed by atoms with E-state index >= 15 is 0 Å². The molecule has 1 aliphatic heterocycles. The van der Waals surface area contributed by atoms with Gasteiger partial charge in [0, 0.05) is 12.6 Å².